The number of aromatic nitrogens is 1. The van der Waals surface area contributed by atoms with Crippen molar-refractivity contribution >= 4 is 5.91 Å². The second kappa shape index (κ2) is 5.95. The molecule has 3 rings (SSSR count). The summed E-state index contributed by atoms with van der Waals surface area (Å²) in [6.07, 6.45) is 0.534. The summed E-state index contributed by atoms with van der Waals surface area (Å²) in [5, 5.41) is 22.6. The molecule has 122 valence electrons. The van der Waals surface area contributed by atoms with Crippen molar-refractivity contribution in [3.8, 4) is 11.8 Å². The van der Waals surface area contributed by atoms with Gasteiger partial charge in [0.1, 0.15) is 23.1 Å². The highest BCUT2D eigenvalue weighted by Gasteiger charge is 2.44. The molecule has 2 aromatic rings. The Bertz CT molecular complexity index is 812. The number of ether oxygens (including phenoxy) is 1. The first-order chi connectivity index (χ1) is 11.4. The lowest BCUT2D eigenvalue weighted by Crippen LogP contribution is -2.57. The summed E-state index contributed by atoms with van der Waals surface area (Å²) in [4.78, 5) is 16.4. The molecule has 0 aliphatic carbocycles. The average Bonchev–Trinajstić information content (AvgIpc) is 2.58. The fourth-order valence-electron chi connectivity index (χ4n) is 2.81. The summed E-state index contributed by atoms with van der Waals surface area (Å²) in [5.74, 6) is 0.117. The first-order valence-corrected chi connectivity index (χ1v) is 7.55. The standard InChI is InChI=1S/C18H17N3O3/c1-18(2)16(21-17(23)13-5-3-4-8-20-13)15(22)12-9-11(10-19)6-7-14(12)24-18/h3-9,15-16,22H,1-2H3,(H,21,23)/t15-,16+/m1/s1. The van der Waals surface area contributed by atoms with Crippen LogP contribution in [0.3, 0.4) is 0 Å². The zero-order valence-corrected chi connectivity index (χ0v) is 13.4. The number of pyridine rings is 1. The minimum atomic E-state index is -0.996. The van der Waals surface area contributed by atoms with Crippen LogP contribution in [0.2, 0.25) is 0 Å². The van der Waals surface area contributed by atoms with E-state index in [1.807, 2.05) is 6.07 Å². The fourth-order valence-corrected chi connectivity index (χ4v) is 2.81. The zero-order chi connectivity index (χ0) is 17.3. The SMILES string of the molecule is CC1(C)Oc2ccc(C#N)cc2[C@@H](O)[C@@H]1NC(=O)c1ccccn1. The lowest BCUT2D eigenvalue weighted by atomic mass is 9.85. The first kappa shape index (κ1) is 16.0. The summed E-state index contributed by atoms with van der Waals surface area (Å²) in [5.41, 5.74) is 0.341. The van der Waals surface area contributed by atoms with Crippen LogP contribution in [0.5, 0.6) is 5.75 Å². The van der Waals surface area contributed by atoms with E-state index in [0.29, 0.717) is 16.9 Å². The molecule has 0 saturated heterocycles. The highest BCUT2D eigenvalue weighted by atomic mass is 16.5. The molecule has 0 bridgehead atoms. The van der Waals surface area contributed by atoms with Gasteiger partial charge < -0.3 is 15.2 Å². The quantitative estimate of drug-likeness (QED) is 0.881. The zero-order valence-electron chi connectivity index (χ0n) is 13.4. The molecule has 24 heavy (non-hydrogen) atoms. The monoisotopic (exact) mass is 323 g/mol. The Morgan fingerprint density at radius 1 is 1.38 bits per heavy atom. The average molecular weight is 323 g/mol. The fraction of sp³-hybridized carbons (Fsp3) is 0.278. The molecule has 2 N–H and O–H groups in total. The van der Waals surface area contributed by atoms with E-state index in [1.165, 1.54) is 6.20 Å². The van der Waals surface area contributed by atoms with Crippen molar-refractivity contribution in [2.24, 2.45) is 0 Å². The van der Waals surface area contributed by atoms with Gasteiger partial charge in [-0.1, -0.05) is 6.07 Å². The van der Waals surface area contributed by atoms with Gasteiger partial charge in [-0.05, 0) is 44.2 Å². The predicted octanol–water partition coefficient (Wildman–Crippen LogP) is 1.96. The van der Waals surface area contributed by atoms with Gasteiger partial charge >= 0.3 is 0 Å². The summed E-state index contributed by atoms with van der Waals surface area (Å²) >= 11 is 0. The van der Waals surface area contributed by atoms with Crippen molar-refractivity contribution in [3.63, 3.8) is 0 Å². The van der Waals surface area contributed by atoms with E-state index >= 15 is 0 Å². The Morgan fingerprint density at radius 2 is 2.17 bits per heavy atom. The maximum Gasteiger partial charge on any atom is 0.270 e. The van der Waals surface area contributed by atoms with Crippen molar-refractivity contribution in [2.75, 3.05) is 0 Å². The number of carbonyl (C=O) groups is 1. The van der Waals surface area contributed by atoms with Gasteiger partial charge in [0.25, 0.3) is 5.91 Å². The van der Waals surface area contributed by atoms with E-state index in [0.717, 1.165) is 0 Å². The van der Waals surface area contributed by atoms with Crippen molar-refractivity contribution in [3.05, 3.63) is 59.4 Å². The van der Waals surface area contributed by atoms with Crippen LogP contribution in [0.1, 0.15) is 41.6 Å². The lowest BCUT2D eigenvalue weighted by Gasteiger charge is -2.43. The molecule has 2 heterocycles. The van der Waals surface area contributed by atoms with Crippen molar-refractivity contribution in [1.82, 2.24) is 10.3 Å². The van der Waals surface area contributed by atoms with Crippen molar-refractivity contribution in [2.45, 2.75) is 31.6 Å². The van der Waals surface area contributed by atoms with Crippen LogP contribution >= 0.6 is 0 Å². The van der Waals surface area contributed by atoms with E-state index in [1.54, 1.807) is 50.2 Å². The molecule has 1 aliphatic rings. The second-order valence-electron chi connectivity index (χ2n) is 6.18. The van der Waals surface area contributed by atoms with E-state index in [-0.39, 0.29) is 5.69 Å². The van der Waals surface area contributed by atoms with Gasteiger partial charge in [-0.2, -0.15) is 5.26 Å². The number of nitrogens with zero attached hydrogens (tertiary/aromatic N) is 2. The second-order valence-corrected chi connectivity index (χ2v) is 6.18. The molecule has 0 unspecified atom stereocenters. The topological polar surface area (TPSA) is 95.2 Å². The molecule has 6 heteroatoms. The Morgan fingerprint density at radius 3 is 2.83 bits per heavy atom. The summed E-state index contributed by atoms with van der Waals surface area (Å²) in [6, 6.07) is 11.3. The molecule has 1 aliphatic heterocycles. The third-order valence-electron chi connectivity index (χ3n) is 4.08. The van der Waals surface area contributed by atoms with Crippen LogP contribution < -0.4 is 10.1 Å². The number of carbonyl (C=O) groups excluding carboxylic acids is 1. The Kier molecular flexibility index (Phi) is 3.96. The van der Waals surface area contributed by atoms with Crippen molar-refractivity contribution < 1.29 is 14.6 Å². The van der Waals surface area contributed by atoms with Crippen LogP contribution in [0.15, 0.2) is 42.6 Å². The minimum Gasteiger partial charge on any atom is -0.485 e. The molecule has 1 amide bonds. The van der Waals surface area contributed by atoms with Gasteiger partial charge in [0.05, 0.1) is 17.7 Å². The van der Waals surface area contributed by atoms with Gasteiger partial charge in [-0.15, -0.1) is 0 Å². The van der Waals surface area contributed by atoms with Crippen LogP contribution in [0.25, 0.3) is 0 Å². The van der Waals surface area contributed by atoms with Crippen LogP contribution in [0.4, 0.5) is 0 Å². The summed E-state index contributed by atoms with van der Waals surface area (Å²) in [7, 11) is 0. The molecule has 0 spiro atoms. The van der Waals surface area contributed by atoms with Crippen LogP contribution in [-0.4, -0.2) is 27.6 Å². The smallest absolute Gasteiger partial charge is 0.270 e. The number of nitrogens with one attached hydrogen (secondary N) is 1. The number of nitriles is 1. The van der Waals surface area contributed by atoms with E-state index in [2.05, 4.69) is 10.3 Å². The molecule has 6 nitrogen and oxygen atoms in total. The normalized spacial score (nSPS) is 21.1. The number of hydrogen-bond acceptors (Lipinski definition) is 5. The molecule has 1 aromatic carbocycles. The van der Waals surface area contributed by atoms with Crippen LogP contribution in [-0.2, 0) is 0 Å². The first-order valence-electron chi connectivity index (χ1n) is 7.55. The number of fused-ring (bicyclic) bond motifs is 1. The number of rotatable bonds is 2. The predicted molar refractivity (Wildman–Crippen MR) is 86.3 cm³/mol. The minimum absolute atomic E-state index is 0.261. The van der Waals surface area contributed by atoms with E-state index in [4.69, 9.17) is 10.00 Å². The number of amides is 1. The van der Waals surface area contributed by atoms with Gasteiger partial charge in [0.2, 0.25) is 0 Å². The van der Waals surface area contributed by atoms with Gasteiger partial charge in [-0.25, -0.2) is 0 Å². The van der Waals surface area contributed by atoms with E-state index < -0.39 is 23.7 Å². The van der Waals surface area contributed by atoms with E-state index in [9.17, 15) is 9.90 Å². The Hall–Kier alpha value is -2.91. The highest BCUT2D eigenvalue weighted by Crippen LogP contribution is 2.40. The highest BCUT2D eigenvalue weighted by molar-refractivity contribution is 5.92. The molecule has 0 radical (unpaired) electrons. The van der Waals surface area contributed by atoms with Crippen molar-refractivity contribution in [1.29, 1.82) is 5.26 Å². The number of hydrogen-bond donors (Lipinski definition) is 2. The number of benzene rings is 1. The molecular formula is C18H17N3O3. The maximum absolute atomic E-state index is 12.4. The van der Waals surface area contributed by atoms with Gasteiger partial charge in [0, 0.05) is 11.8 Å². The maximum atomic E-state index is 12.4. The number of aliphatic hydroxyl groups is 1. The Balaban J connectivity index is 1.92. The molecular weight excluding hydrogens is 306 g/mol. The molecule has 2 atom stereocenters. The summed E-state index contributed by atoms with van der Waals surface area (Å²) < 4.78 is 5.93. The third-order valence-corrected chi connectivity index (χ3v) is 4.08. The third kappa shape index (κ3) is 2.82. The van der Waals surface area contributed by atoms with Crippen LogP contribution in [0, 0.1) is 11.3 Å². The lowest BCUT2D eigenvalue weighted by molar-refractivity contribution is -0.0253. The van der Waals surface area contributed by atoms with Gasteiger partial charge in [-0.3, -0.25) is 9.78 Å². The molecule has 0 saturated carbocycles. The molecule has 1 aromatic heterocycles. The largest absolute Gasteiger partial charge is 0.485 e. The summed E-state index contributed by atoms with van der Waals surface area (Å²) in [6.45, 7) is 3.58. The molecule has 0 fully saturated rings. The Labute approximate surface area is 139 Å². The number of aliphatic hydroxyl groups excluding tert-OH is 1. The van der Waals surface area contributed by atoms with Gasteiger partial charge in [0.15, 0.2) is 0 Å².